The maximum absolute atomic E-state index is 11.1. The Kier molecular flexibility index (Phi) is 3.07. The van der Waals surface area contributed by atoms with Gasteiger partial charge in [0.15, 0.2) is 0 Å². The van der Waals surface area contributed by atoms with Crippen LogP contribution in [0.4, 0.5) is 0 Å². The van der Waals surface area contributed by atoms with Gasteiger partial charge in [0.05, 0.1) is 12.2 Å². The van der Waals surface area contributed by atoms with E-state index in [1.54, 1.807) is 10.8 Å². The van der Waals surface area contributed by atoms with Crippen molar-refractivity contribution < 1.29 is 9.53 Å². The first-order valence-corrected chi connectivity index (χ1v) is 4.43. The molecule has 0 spiro atoms. The van der Waals surface area contributed by atoms with Gasteiger partial charge in [-0.2, -0.15) is 0 Å². The van der Waals surface area contributed by atoms with E-state index >= 15 is 0 Å². The van der Waals surface area contributed by atoms with Gasteiger partial charge < -0.3 is 4.74 Å². The Morgan fingerprint density at radius 1 is 1.75 bits per heavy atom. The van der Waals surface area contributed by atoms with Crippen molar-refractivity contribution in [1.82, 2.24) is 5.43 Å². The average molecular weight is 186 g/mol. The van der Waals surface area contributed by atoms with E-state index in [0.717, 1.165) is 0 Å². The van der Waals surface area contributed by atoms with Crippen molar-refractivity contribution in [2.24, 2.45) is 5.84 Å². The largest absolute Gasteiger partial charge is 0.492 e. The minimum Gasteiger partial charge on any atom is -0.492 e. The van der Waals surface area contributed by atoms with Gasteiger partial charge in [0.25, 0.3) is 5.91 Å². The molecular formula is C7H10N2O2S. The number of carbonyl (C=O) groups is 1. The van der Waals surface area contributed by atoms with Crippen LogP contribution in [0.2, 0.25) is 0 Å². The molecule has 0 saturated carbocycles. The van der Waals surface area contributed by atoms with Crippen LogP contribution in [-0.4, -0.2) is 12.5 Å². The Hall–Kier alpha value is -1.07. The summed E-state index contributed by atoms with van der Waals surface area (Å²) in [6.07, 6.45) is 0. The molecule has 0 aliphatic rings. The molecule has 1 aromatic heterocycles. The SMILES string of the molecule is CCOc1cscc1C(=O)NN. The molecule has 0 unspecified atom stereocenters. The molecule has 1 heterocycles. The first-order chi connectivity index (χ1) is 5.79. The molecule has 1 rings (SSSR count). The number of thiophene rings is 1. The lowest BCUT2D eigenvalue weighted by atomic mass is 10.3. The topological polar surface area (TPSA) is 64.3 Å². The number of hydrogen-bond donors (Lipinski definition) is 2. The second kappa shape index (κ2) is 4.08. The summed E-state index contributed by atoms with van der Waals surface area (Å²) in [6, 6.07) is 0. The van der Waals surface area contributed by atoms with Crippen molar-refractivity contribution in [1.29, 1.82) is 0 Å². The van der Waals surface area contributed by atoms with Crippen molar-refractivity contribution in [3.8, 4) is 5.75 Å². The highest BCUT2D eigenvalue weighted by Crippen LogP contribution is 2.22. The minimum absolute atomic E-state index is 0.320. The molecule has 3 N–H and O–H groups in total. The summed E-state index contributed by atoms with van der Waals surface area (Å²) in [4.78, 5) is 11.1. The molecule has 12 heavy (non-hydrogen) atoms. The van der Waals surface area contributed by atoms with Crippen LogP contribution < -0.4 is 16.0 Å². The van der Waals surface area contributed by atoms with Crippen LogP contribution in [-0.2, 0) is 0 Å². The van der Waals surface area contributed by atoms with E-state index in [-0.39, 0.29) is 5.91 Å². The summed E-state index contributed by atoms with van der Waals surface area (Å²) in [7, 11) is 0. The summed E-state index contributed by atoms with van der Waals surface area (Å²) < 4.78 is 5.19. The summed E-state index contributed by atoms with van der Waals surface area (Å²) in [5.41, 5.74) is 2.54. The molecule has 0 aliphatic carbocycles. The molecule has 1 amide bonds. The highest BCUT2D eigenvalue weighted by Gasteiger charge is 2.11. The van der Waals surface area contributed by atoms with Gasteiger partial charge in [0.2, 0.25) is 0 Å². The number of amides is 1. The predicted octanol–water partition coefficient (Wildman–Crippen LogP) is 0.750. The molecule has 4 nitrogen and oxygen atoms in total. The van der Waals surface area contributed by atoms with Crippen molar-refractivity contribution in [2.75, 3.05) is 6.61 Å². The van der Waals surface area contributed by atoms with Crippen molar-refractivity contribution in [3.05, 3.63) is 16.3 Å². The molecule has 0 aliphatic heterocycles. The summed E-state index contributed by atoms with van der Waals surface area (Å²) in [6.45, 7) is 2.41. The standard InChI is InChI=1S/C7H10N2O2S/c1-2-11-6-4-12-3-5(6)7(10)9-8/h3-4H,2,8H2,1H3,(H,9,10). The molecule has 0 atom stereocenters. The Bertz CT molecular complexity index is 272. The van der Waals surface area contributed by atoms with Crippen LogP contribution in [0, 0.1) is 0 Å². The molecule has 0 fully saturated rings. The third-order valence-electron chi connectivity index (χ3n) is 1.30. The van der Waals surface area contributed by atoms with Crippen LogP contribution in [0.3, 0.4) is 0 Å². The lowest BCUT2D eigenvalue weighted by Gasteiger charge is -2.02. The number of ether oxygens (including phenoxy) is 1. The lowest BCUT2D eigenvalue weighted by Crippen LogP contribution is -2.29. The first-order valence-electron chi connectivity index (χ1n) is 3.49. The zero-order valence-electron chi connectivity index (χ0n) is 6.66. The van der Waals surface area contributed by atoms with Crippen molar-refractivity contribution in [2.45, 2.75) is 6.92 Å². The molecule has 0 aromatic carbocycles. The maximum atomic E-state index is 11.1. The van der Waals surface area contributed by atoms with E-state index in [9.17, 15) is 4.79 Å². The van der Waals surface area contributed by atoms with Gasteiger partial charge in [-0.25, -0.2) is 5.84 Å². The summed E-state index contributed by atoms with van der Waals surface area (Å²) >= 11 is 1.41. The van der Waals surface area contributed by atoms with E-state index in [0.29, 0.717) is 17.9 Å². The van der Waals surface area contributed by atoms with Gasteiger partial charge in [-0.05, 0) is 6.92 Å². The normalized spacial score (nSPS) is 9.50. The Morgan fingerprint density at radius 2 is 2.50 bits per heavy atom. The highest BCUT2D eigenvalue weighted by atomic mass is 32.1. The smallest absolute Gasteiger partial charge is 0.269 e. The van der Waals surface area contributed by atoms with E-state index in [1.165, 1.54) is 11.3 Å². The number of nitrogen functional groups attached to an aromatic ring is 1. The molecule has 1 aromatic rings. The fourth-order valence-corrected chi connectivity index (χ4v) is 1.54. The van der Waals surface area contributed by atoms with Gasteiger partial charge in [0, 0.05) is 10.8 Å². The summed E-state index contributed by atoms with van der Waals surface area (Å²) in [5, 5.41) is 3.47. The predicted molar refractivity (Wildman–Crippen MR) is 47.1 cm³/mol. The van der Waals surface area contributed by atoms with Crippen LogP contribution >= 0.6 is 11.3 Å². The number of hydrazine groups is 1. The molecule has 5 heteroatoms. The van der Waals surface area contributed by atoms with Gasteiger partial charge in [-0.15, -0.1) is 11.3 Å². The fourth-order valence-electron chi connectivity index (χ4n) is 0.796. The van der Waals surface area contributed by atoms with Crippen LogP contribution in [0.5, 0.6) is 5.75 Å². The fraction of sp³-hybridized carbons (Fsp3) is 0.286. The van der Waals surface area contributed by atoms with E-state index in [4.69, 9.17) is 10.6 Å². The minimum atomic E-state index is -0.320. The van der Waals surface area contributed by atoms with E-state index in [1.807, 2.05) is 6.92 Å². The van der Waals surface area contributed by atoms with Gasteiger partial charge in [-0.3, -0.25) is 10.2 Å². The van der Waals surface area contributed by atoms with Crippen molar-refractivity contribution >= 4 is 17.2 Å². The maximum Gasteiger partial charge on any atom is 0.269 e. The number of rotatable bonds is 3. The molecule has 66 valence electrons. The summed E-state index contributed by atoms with van der Waals surface area (Å²) in [5.74, 6) is 5.25. The molecule has 0 bridgehead atoms. The quantitative estimate of drug-likeness (QED) is 0.416. The van der Waals surface area contributed by atoms with Gasteiger partial charge in [0.1, 0.15) is 5.75 Å². The zero-order chi connectivity index (χ0) is 8.97. The number of nitrogens with one attached hydrogen (secondary N) is 1. The Balaban J connectivity index is 2.83. The lowest BCUT2D eigenvalue weighted by molar-refractivity contribution is 0.0950. The number of hydrogen-bond acceptors (Lipinski definition) is 4. The third kappa shape index (κ3) is 1.75. The Labute approximate surface area is 74.3 Å². The van der Waals surface area contributed by atoms with Gasteiger partial charge >= 0.3 is 0 Å². The first kappa shape index (κ1) is 9.02. The van der Waals surface area contributed by atoms with Gasteiger partial charge in [-0.1, -0.05) is 0 Å². The second-order valence-corrected chi connectivity index (χ2v) is 2.80. The molecule has 0 radical (unpaired) electrons. The highest BCUT2D eigenvalue weighted by molar-refractivity contribution is 7.08. The van der Waals surface area contributed by atoms with Crippen molar-refractivity contribution in [3.63, 3.8) is 0 Å². The molecule has 0 saturated heterocycles. The Morgan fingerprint density at radius 3 is 3.08 bits per heavy atom. The second-order valence-electron chi connectivity index (χ2n) is 2.06. The number of nitrogens with two attached hydrogens (primary N) is 1. The number of carbonyl (C=O) groups excluding carboxylic acids is 1. The third-order valence-corrected chi connectivity index (χ3v) is 2.02. The van der Waals surface area contributed by atoms with E-state index < -0.39 is 0 Å². The van der Waals surface area contributed by atoms with E-state index in [2.05, 4.69) is 5.43 Å². The monoisotopic (exact) mass is 186 g/mol. The van der Waals surface area contributed by atoms with Crippen LogP contribution in [0.25, 0.3) is 0 Å². The average Bonchev–Trinajstić information content (AvgIpc) is 2.52. The van der Waals surface area contributed by atoms with Crippen LogP contribution in [0.1, 0.15) is 17.3 Å². The van der Waals surface area contributed by atoms with Crippen LogP contribution in [0.15, 0.2) is 10.8 Å². The molecular weight excluding hydrogens is 176 g/mol. The zero-order valence-corrected chi connectivity index (χ0v) is 7.48.